The van der Waals surface area contributed by atoms with E-state index in [9.17, 15) is 4.57 Å². The van der Waals surface area contributed by atoms with Crippen LogP contribution in [0, 0.1) is 0 Å². The van der Waals surface area contributed by atoms with E-state index in [-0.39, 0.29) is 6.61 Å². The molecule has 0 saturated carbocycles. The third-order valence-electron chi connectivity index (χ3n) is 0.735. The van der Waals surface area contributed by atoms with Gasteiger partial charge in [-0.1, -0.05) is 6.58 Å². The van der Waals surface area contributed by atoms with Gasteiger partial charge in [0.2, 0.25) is 0 Å². The number of hydrogen-bond donors (Lipinski definition) is 2. The summed E-state index contributed by atoms with van der Waals surface area (Å²) in [6.45, 7) is 4.72. The summed E-state index contributed by atoms with van der Waals surface area (Å²) >= 11 is 0. The number of aliphatic hydroxyl groups excluding tert-OH is 1. The molecule has 6 heteroatoms. The fourth-order valence-corrected chi connectivity index (χ4v) is 1.12. The molecule has 0 spiro atoms. The quantitative estimate of drug-likeness (QED) is 0.370. The van der Waals surface area contributed by atoms with Crippen molar-refractivity contribution in [2.75, 3.05) is 6.61 Å². The number of rotatable bonds is 5. The van der Waals surface area contributed by atoms with Gasteiger partial charge in [0.1, 0.15) is 0 Å². The Morgan fingerprint density at radius 3 is 2.73 bits per heavy atom. The molecule has 2 N–H and O–H groups in total. The molecule has 2 unspecified atom stereocenters. The van der Waals surface area contributed by atoms with E-state index < -0.39 is 14.1 Å². The zero-order valence-electron chi connectivity index (χ0n) is 6.14. The van der Waals surface area contributed by atoms with Crippen molar-refractivity contribution in [1.29, 1.82) is 0 Å². The van der Waals surface area contributed by atoms with E-state index in [0.717, 1.165) is 6.08 Å². The summed E-state index contributed by atoms with van der Waals surface area (Å²) in [5.74, 6) is 0. The lowest BCUT2D eigenvalue weighted by molar-refractivity contribution is -0.00538. The SMILES string of the molecule is C=CC(O)OP(=O)(O)OCC. The van der Waals surface area contributed by atoms with Crippen molar-refractivity contribution in [3.8, 4) is 0 Å². The number of hydrogen-bond acceptors (Lipinski definition) is 4. The van der Waals surface area contributed by atoms with Crippen molar-refractivity contribution in [2.45, 2.75) is 13.2 Å². The lowest BCUT2D eigenvalue weighted by atomic mass is 10.6. The van der Waals surface area contributed by atoms with Gasteiger partial charge in [0.05, 0.1) is 6.61 Å². The molecule has 0 aliphatic rings. The van der Waals surface area contributed by atoms with E-state index >= 15 is 0 Å². The molecular weight excluding hydrogens is 171 g/mol. The lowest BCUT2D eigenvalue weighted by Gasteiger charge is -2.12. The van der Waals surface area contributed by atoms with E-state index in [0.29, 0.717) is 0 Å². The molecule has 0 aromatic rings. The van der Waals surface area contributed by atoms with Gasteiger partial charge < -0.3 is 10.00 Å². The normalized spacial score (nSPS) is 18.8. The minimum atomic E-state index is -4.09. The molecule has 0 aromatic heterocycles. The van der Waals surface area contributed by atoms with Gasteiger partial charge >= 0.3 is 7.82 Å². The summed E-state index contributed by atoms with van der Waals surface area (Å²) < 4.78 is 19.1. The Labute approximate surface area is 64.9 Å². The Bertz CT molecular complexity index is 168. The Morgan fingerprint density at radius 1 is 1.82 bits per heavy atom. The molecular formula is C5H11O5P. The largest absolute Gasteiger partial charge is 0.474 e. The van der Waals surface area contributed by atoms with Crippen LogP contribution < -0.4 is 0 Å². The summed E-state index contributed by atoms with van der Waals surface area (Å²) in [4.78, 5) is 8.72. The fourth-order valence-electron chi connectivity index (χ4n) is 0.373. The first kappa shape index (κ1) is 10.8. The molecule has 5 nitrogen and oxygen atoms in total. The summed E-state index contributed by atoms with van der Waals surface area (Å²) in [7, 11) is -4.09. The van der Waals surface area contributed by atoms with Crippen LogP contribution in [0.1, 0.15) is 6.92 Å². The molecule has 0 amide bonds. The van der Waals surface area contributed by atoms with Gasteiger partial charge in [-0.05, 0) is 13.0 Å². The van der Waals surface area contributed by atoms with Crippen LogP contribution in [0.5, 0.6) is 0 Å². The summed E-state index contributed by atoms with van der Waals surface area (Å²) in [5.41, 5.74) is 0. The van der Waals surface area contributed by atoms with Crippen LogP contribution in [0.25, 0.3) is 0 Å². The first-order chi connectivity index (χ1) is 5.02. The summed E-state index contributed by atoms with van der Waals surface area (Å²) in [5, 5.41) is 8.67. The van der Waals surface area contributed by atoms with Crippen LogP contribution in [-0.2, 0) is 13.6 Å². The number of phosphoric ester groups is 1. The summed E-state index contributed by atoms with van der Waals surface area (Å²) in [6, 6.07) is 0. The molecule has 0 aliphatic carbocycles. The second-order valence-electron chi connectivity index (χ2n) is 1.62. The molecule has 66 valence electrons. The molecule has 11 heavy (non-hydrogen) atoms. The van der Waals surface area contributed by atoms with Crippen molar-refractivity contribution in [3.05, 3.63) is 12.7 Å². The second kappa shape index (κ2) is 4.64. The summed E-state index contributed by atoms with van der Waals surface area (Å²) in [6.07, 6.45) is -0.501. The molecule has 0 aromatic carbocycles. The molecule has 0 fully saturated rings. The second-order valence-corrected chi connectivity index (χ2v) is 3.02. The zero-order chi connectivity index (χ0) is 8.91. The van der Waals surface area contributed by atoms with Crippen LogP contribution in [-0.4, -0.2) is 22.9 Å². The molecule has 0 saturated heterocycles. The highest BCUT2D eigenvalue weighted by atomic mass is 31.2. The first-order valence-electron chi connectivity index (χ1n) is 2.98. The molecule has 0 heterocycles. The van der Waals surface area contributed by atoms with E-state index in [1.54, 1.807) is 0 Å². The van der Waals surface area contributed by atoms with Gasteiger partial charge in [0, 0.05) is 0 Å². The highest BCUT2D eigenvalue weighted by Crippen LogP contribution is 2.43. The van der Waals surface area contributed by atoms with Gasteiger partial charge in [0.25, 0.3) is 0 Å². The molecule has 0 rings (SSSR count). The Morgan fingerprint density at radius 2 is 2.36 bits per heavy atom. The maximum absolute atomic E-state index is 10.7. The average Bonchev–Trinajstić information content (AvgIpc) is 1.86. The zero-order valence-corrected chi connectivity index (χ0v) is 7.03. The maximum atomic E-state index is 10.7. The average molecular weight is 182 g/mol. The minimum absolute atomic E-state index is 0.0393. The molecule has 0 radical (unpaired) electrons. The third kappa shape index (κ3) is 5.12. The highest BCUT2D eigenvalue weighted by Gasteiger charge is 2.22. The van der Waals surface area contributed by atoms with E-state index in [1.807, 2.05) is 0 Å². The number of aliphatic hydroxyl groups is 1. The minimum Gasteiger partial charge on any atom is -0.364 e. The fraction of sp³-hybridized carbons (Fsp3) is 0.600. The van der Waals surface area contributed by atoms with Crippen molar-refractivity contribution < 1.29 is 23.6 Å². The van der Waals surface area contributed by atoms with Gasteiger partial charge in [-0.3, -0.25) is 9.05 Å². The maximum Gasteiger partial charge on any atom is 0.474 e. The van der Waals surface area contributed by atoms with E-state index in [4.69, 9.17) is 10.00 Å². The van der Waals surface area contributed by atoms with Gasteiger partial charge in [0.15, 0.2) is 6.29 Å². The van der Waals surface area contributed by atoms with Crippen LogP contribution in [0.3, 0.4) is 0 Å². The van der Waals surface area contributed by atoms with E-state index in [1.165, 1.54) is 6.92 Å². The Hall–Kier alpha value is -0.190. The van der Waals surface area contributed by atoms with Gasteiger partial charge in [-0.15, -0.1) is 0 Å². The van der Waals surface area contributed by atoms with Crippen molar-refractivity contribution in [2.24, 2.45) is 0 Å². The Kier molecular flexibility index (Phi) is 4.56. The van der Waals surface area contributed by atoms with Crippen molar-refractivity contribution >= 4 is 7.82 Å². The lowest BCUT2D eigenvalue weighted by Crippen LogP contribution is -2.07. The standard InChI is InChI=1S/C5H11O5P/c1-3-5(6)10-11(7,8)9-4-2/h3,5-6H,1,4H2,2H3,(H,7,8). The Balaban J connectivity index is 3.90. The highest BCUT2D eigenvalue weighted by molar-refractivity contribution is 7.47. The smallest absolute Gasteiger partial charge is 0.364 e. The van der Waals surface area contributed by atoms with Crippen LogP contribution in [0.2, 0.25) is 0 Å². The third-order valence-corrected chi connectivity index (χ3v) is 1.80. The van der Waals surface area contributed by atoms with Crippen LogP contribution in [0.4, 0.5) is 0 Å². The topological polar surface area (TPSA) is 76.0 Å². The predicted molar refractivity (Wildman–Crippen MR) is 38.7 cm³/mol. The van der Waals surface area contributed by atoms with Crippen LogP contribution >= 0.6 is 7.82 Å². The number of phosphoric acid groups is 1. The predicted octanol–water partition coefficient (Wildman–Crippen LogP) is 0.644. The molecule has 0 bridgehead atoms. The van der Waals surface area contributed by atoms with Gasteiger partial charge in [-0.25, -0.2) is 4.57 Å². The van der Waals surface area contributed by atoms with E-state index in [2.05, 4.69) is 15.6 Å². The van der Waals surface area contributed by atoms with Crippen LogP contribution in [0.15, 0.2) is 12.7 Å². The van der Waals surface area contributed by atoms with Crippen molar-refractivity contribution in [3.63, 3.8) is 0 Å². The first-order valence-corrected chi connectivity index (χ1v) is 4.47. The van der Waals surface area contributed by atoms with Crippen molar-refractivity contribution in [1.82, 2.24) is 0 Å². The molecule has 0 aliphatic heterocycles. The molecule has 2 atom stereocenters. The van der Waals surface area contributed by atoms with Gasteiger partial charge in [-0.2, -0.15) is 0 Å². The monoisotopic (exact) mass is 182 g/mol.